The fraction of sp³-hybridized carbons (Fsp3) is 0.154. The zero-order valence-corrected chi connectivity index (χ0v) is 16.5. The lowest BCUT2D eigenvalue weighted by Gasteiger charge is -2.26. The highest BCUT2D eigenvalue weighted by Crippen LogP contribution is 2.43. The van der Waals surface area contributed by atoms with E-state index < -0.39 is 5.41 Å². The summed E-state index contributed by atoms with van der Waals surface area (Å²) >= 11 is 0. The molecular formula is C26H22N2O2. The quantitative estimate of drug-likeness (QED) is 0.455. The number of aromatic nitrogens is 2. The summed E-state index contributed by atoms with van der Waals surface area (Å²) in [7, 11) is 0. The standard InChI is InChI=1S/C26H22N2O2/c29-25-26(21-12-6-2-7-13-21,22-14-8-3-9-15-22)16-23(30-25)17-28-18-24(27-19-28)20-10-4-1-5-11-20/h1-15,18-19,23H,16-17H2. The highest BCUT2D eigenvalue weighted by atomic mass is 16.6. The molecule has 148 valence electrons. The zero-order valence-electron chi connectivity index (χ0n) is 16.5. The molecule has 0 radical (unpaired) electrons. The number of hydrogen-bond donors (Lipinski definition) is 0. The van der Waals surface area contributed by atoms with Gasteiger partial charge in [0.15, 0.2) is 0 Å². The molecule has 1 atom stereocenters. The Morgan fingerprint density at radius 1 is 0.867 bits per heavy atom. The van der Waals surface area contributed by atoms with Crippen molar-refractivity contribution in [3.05, 3.63) is 115 Å². The summed E-state index contributed by atoms with van der Waals surface area (Å²) in [4.78, 5) is 17.8. The molecule has 0 spiro atoms. The van der Waals surface area contributed by atoms with Gasteiger partial charge in [0, 0.05) is 18.2 Å². The molecule has 2 heterocycles. The smallest absolute Gasteiger partial charge is 0.321 e. The Hall–Kier alpha value is -3.66. The van der Waals surface area contributed by atoms with Crippen LogP contribution in [0.1, 0.15) is 17.5 Å². The van der Waals surface area contributed by atoms with E-state index in [9.17, 15) is 4.79 Å². The number of ether oxygens (including phenoxy) is 1. The maximum absolute atomic E-state index is 13.3. The van der Waals surface area contributed by atoms with Gasteiger partial charge < -0.3 is 9.30 Å². The van der Waals surface area contributed by atoms with E-state index in [1.54, 1.807) is 6.33 Å². The van der Waals surface area contributed by atoms with E-state index in [1.807, 2.05) is 102 Å². The summed E-state index contributed by atoms with van der Waals surface area (Å²) in [6.07, 6.45) is 4.18. The Morgan fingerprint density at radius 2 is 1.43 bits per heavy atom. The number of nitrogens with zero attached hydrogens (tertiary/aromatic N) is 2. The second-order valence-electron chi connectivity index (χ2n) is 7.69. The third-order valence-corrected chi connectivity index (χ3v) is 5.81. The molecule has 1 fully saturated rings. The molecule has 4 nitrogen and oxygen atoms in total. The maximum atomic E-state index is 13.3. The molecule has 0 bridgehead atoms. The van der Waals surface area contributed by atoms with E-state index in [0.717, 1.165) is 22.4 Å². The second-order valence-corrected chi connectivity index (χ2v) is 7.69. The topological polar surface area (TPSA) is 44.1 Å². The van der Waals surface area contributed by atoms with Crippen molar-refractivity contribution in [2.45, 2.75) is 24.5 Å². The third-order valence-electron chi connectivity index (χ3n) is 5.81. The number of hydrogen-bond acceptors (Lipinski definition) is 3. The van der Waals surface area contributed by atoms with Crippen LogP contribution >= 0.6 is 0 Å². The average molecular weight is 394 g/mol. The van der Waals surface area contributed by atoms with Crippen LogP contribution in [0.3, 0.4) is 0 Å². The first-order chi connectivity index (χ1) is 14.8. The predicted octanol–water partition coefficient (Wildman–Crippen LogP) is 4.85. The normalized spacial score (nSPS) is 17.6. The van der Waals surface area contributed by atoms with Gasteiger partial charge in [0.2, 0.25) is 0 Å². The van der Waals surface area contributed by atoms with Crippen LogP contribution in [0.25, 0.3) is 11.3 Å². The Balaban J connectivity index is 1.44. The molecule has 1 aromatic heterocycles. The van der Waals surface area contributed by atoms with Gasteiger partial charge in [-0.25, -0.2) is 4.98 Å². The first-order valence-corrected chi connectivity index (χ1v) is 10.1. The number of imidazole rings is 1. The fourth-order valence-corrected chi connectivity index (χ4v) is 4.36. The molecule has 1 unspecified atom stereocenters. The number of benzene rings is 3. The highest BCUT2D eigenvalue weighted by molar-refractivity contribution is 5.89. The lowest BCUT2D eigenvalue weighted by molar-refractivity contribution is -0.145. The second kappa shape index (κ2) is 7.64. The van der Waals surface area contributed by atoms with E-state index >= 15 is 0 Å². The number of cyclic esters (lactones) is 1. The molecule has 0 amide bonds. The van der Waals surface area contributed by atoms with Crippen molar-refractivity contribution in [2.75, 3.05) is 0 Å². The highest BCUT2D eigenvalue weighted by Gasteiger charge is 2.51. The molecule has 0 aliphatic carbocycles. The van der Waals surface area contributed by atoms with Gasteiger partial charge in [-0.2, -0.15) is 0 Å². The monoisotopic (exact) mass is 394 g/mol. The van der Waals surface area contributed by atoms with E-state index in [1.165, 1.54) is 0 Å². The number of carbonyl (C=O) groups excluding carboxylic acids is 1. The lowest BCUT2D eigenvalue weighted by atomic mass is 9.72. The Kier molecular flexibility index (Phi) is 4.68. The Labute approximate surface area is 175 Å². The van der Waals surface area contributed by atoms with Crippen molar-refractivity contribution in [1.29, 1.82) is 0 Å². The van der Waals surface area contributed by atoms with Crippen LogP contribution in [0, 0.1) is 0 Å². The van der Waals surface area contributed by atoms with Crippen LogP contribution in [0.5, 0.6) is 0 Å². The molecule has 4 heteroatoms. The van der Waals surface area contributed by atoms with Crippen LogP contribution in [0.2, 0.25) is 0 Å². The summed E-state index contributed by atoms with van der Waals surface area (Å²) in [5.41, 5.74) is 3.15. The van der Waals surface area contributed by atoms with Gasteiger partial charge in [0.05, 0.1) is 18.6 Å². The van der Waals surface area contributed by atoms with Crippen LogP contribution in [-0.2, 0) is 21.5 Å². The minimum absolute atomic E-state index is 0.187. The summed E-state index contributed by atoms with van der Waals surface area (Å²) < 4.78 is 7.92. The van der Waals surface area contributed by atoms with Crippen LogP contribution < -0.4 is 0 Å². The Bertz CT molecular complexity index is 1100. The van der Waals surface area contributed by atoms with Gasteiger partial charge in [0.1, 0.15) is 11.5 Å². The molecule has 0 N–H and O–H groups in total. The number of rotatable bonds is 5. The van der Waals surface area contributed by atoms with Crippen LogP contribution in [-0.4, -0.2) is 21.6 Å². The van der Waals surface area contributed by atoms with Crippen molar-refractivity contribution in [3.63, 3.8) is 0 Å². The van der Waals surface area contributed by atoms with Gasteiger partial charge in [-0.1, -0.05) is 91.0 Å². The molecule has 1 saturated heterocycles. The van der Waals surface area contributed by atoms with Crippen molar-refractivity contribution < 1.29 is 9.53 Å². The number of esters is 1. The Morgan fingerprint density at radius 3 is 2.03 bits per heavy atom. The minimum atomic E-state index is -0.782. The van der Waals surface area contributed by atoms with Gasteiger partial charge in [-0.15, -0.1) is 0 Å². The minimum Gasteiger partial charge on any atom is -0.459 e. The van der Waals surface area contributed by atoms with Gasteiger partial charge in [-0.3, -0.25) is 4.79 Å². The van der Waals surface area contributed by atoms with E-state index in [-0.39, 0.29) is 12.1 Å². The summed E-state index contributed by atoms with van der Waals surface area (Å²) in [6.45, 7) is 0.576. The summed E-state index contributed by atoms with van der Waals surface area (Å²) in [5, 5.41) is 0. The van der Waals surface area contributed by atoms with Crippen molar-refractivity contribution in [1.82, 2.24) is 9.55 Å². The van der Waals surface area contributed by atoms with Crippen molar-refractivity contribution in [2.24, 2.45) is 0 Å². The first-order valence-electron chi connectivity index (χ1n) is 10.1. The molecule has 5 rings (SSSR count). The van der Waals surface area contributed by atoms with Gasteiger partial charge >= 0.3 is 5.97 Å². The summed E-state index contributed by atoms with van der Waals surface area (Å²) in [5.74, 6) is -0.187. The first kappa shape index (κ1) is 18.4. The average Bonchev–Trinajstić information content (AvgIpc) is 3.40. The van der Waals surface area contributed by atoms with E-state index in [4.69, 9.17) is 4.74 Å². The fourth-order valence-electron chi connectivity index (χ4n) is 4.36. The van der Waals surface area contributed by atoms with E-state index in [2.05, 4.69) is 4.98 Å². The van der Waals surface area contributed by atoms with E-state index in [0.29, 0.717) is 13.0 Å². The maximum Gasteiger partial charge on any atom is 0.321 e. The molecule has 0 saturated carbocycles. The predicted molar refractivity (Wildman–Crippen MR) is 116 cm³/mol. The number of carbonyl (C=O) groups is 1. The molecular weight excluding hydrogens is 372 g/mol. The molecule has 30 heavy (non-hydrogen) atoms. The largest absolute Gasteiger partial charge is 0.459 e. The zero-order chi connectivity index (χ0) is 20.4. The molecule has 3 aromatic carbocycles. The van der Waals surface area contributed by atoms with Crippen molar-refractivity contribution in [3.8, 4) is 11.3 Å². The SMILES string of the molecule is O=C1OC(Cn2cnc(-c3ccccc3)c2)CC1(c1ccccc1)c1ccccc1. The molecule has 4 aromatic rings. The molecule has 1 aliphatic rings. The van der Waals surface area contributed by atoms with Crippen LogP contribution in [0.4, 0.5) is 0 Å². The summed E-state index contributed by atoms with van der Waals surface area (Å²) in [6, 6.07) is 30.0. The lowest BCUT2D eigenvalue weighted by Crippen LogP contribution is -2.33. The van der Waals surface area contributed by atoms with Gasteiger partial charge in [0.25, 0.3) is 0 Å². The van der Waals surface area contributed by atoms with Crippen LogP contribution in [0.15, 0.2) is 104 Å². The van der Waals surface area contributed by atoms with Gasteiger partial charge in [-0.05, 0) is 11.1 Å². The third kappa shape index (κ3) is 3.20. The van der Waals surface area contributed by atoms with Crippen molar-refractivity contribution >= 4 is 5.97 Å². The molecule has 1 aliphatic heterocycles.